The second-order valence-corrected chi connectivity index (χ2v) is 32.2. The van der Waals surface area contributed by atoms with Gasteiger partial charge in [0.15, 0.2) is 0 Å². The quantitative estimate of drug-likeness (QED) is 0.0869. The molecule has 0 amide bonds. The molecule has 1 aliphatic carbocycles. The molecule has 64 heavy (non-hydrogen) atoms. The zero-order valence-corrected chi connectivity index (χ0v) is 41.7. The van der Waals surface area contributed by atoms with Crippen LogP contribution in [0.15, 0.2) is 34.3 Å². The van der Waals surface area contributed by atoms with Crippen molar-refractivity contribution < 1.29 is 50.1 Å². The topological polar surface area (TPSA) is 43.2 Å². The summed E-state index contributed by atoms with van der Waals surface area (Å²) in [6.45, 7) is 21.6. The van der Waals surface area contributed by atoms with Gasteiger partial charge in [-0.15, -0.1) is 0 Å². The molecule has 1 saturated carbocycles. The van der Waals surface area contributed by atoms with Crippen LogP contribution in [-0.2, 0) is 21.7 Å². The molecule has 346 valence electrons. The van der Waals surface area contributed by atoms with E-state index in [1.807, 2.05) is 41.5 Å². The van der Waals surface area contributed by atoms with Gasteiger partial charge in [0.05, 0.1) is 0 Å². The Labute approximate surface area is 378 Å². The predicted molar refractivity (Wildman–Crippen MR) is 232 cm³/mol. The fraction of sp³-hybridized carbons (Fsp3) is 0.447. The first-order chi connectivity index (χ1) is 29.2. The van der Waals surface area contributed by atoms with Crippen LogP contribution < -0.4 is 6.15 Å². The summed E-state index contributed by atoms with van der Waals surface area (Å²) < 4.78 is 169. The molecule has 1 aliphatic heterocycles. The Hall–Kier alpha value is -3.50. The van der Waals surface area contributed by atoms with Crippen LogP contribution in [0.3, 0.4) is 0 Å². The van der Waals surface area contributed by atoms with Gasteiger partial charge in [0, 0.05) is 0 Å². The van der Waals surface area contributed by atoms with Gasteiger partial charge in [0.1, 0.15) is 0 Å². The first kappa shape index (κ1) is 49.9. The van der Waals surface area contributed by atoms with Crippen molar-refractivity contribution in [2.75, 3.05) is 0 Å². The van der Waals surface area contributed by atoms with Crippen LogP contribution in [0.2, 0.25) is 0 Å². The van der Waals surface area contributed by atoms with Crippen molar-refractivity contribution in [2.24, 2.45) is 9.98 Å². The number of benzene rings is 4. The van der Waals surface area contributed by atoms with Crippen molar-refractivity contribution in [1.82, 2.24) is 0 Å². The average Bonchev–Trinajstić information content (AvgIpc) is 3.61. The molecule has 0 bridgehead atoms. The van der Waals surface area contributed by atoms with Crippen LogP contribution in [0.1, 0.15) is 147 Å². The monoisotopic (exact) mass is 1050 g/mol. The summed E-state index contributed by atoms with van der Waals surface area (Å²) in [5.41, 5.74) is -6.67. The summed E-state index contributed by atoms with van der Waals surface area (Å²) in [6, 6.07) is 3.77. The summed E-state index contributed by atoms with van der Waals surface area (Å²) in [5.74, 6) is -23.4. The third kappa shape index (κ3) is 9.26. The fourth-order valence-corrected chi connectivity index (χ4v) is 12.6. The van der Waals surface area contributed by atoms with Crippen LogP contribution in [-0.4, -0.2) is 40.5 Å². The molecule has 0 aromatic heterocycles. The molecular weight excluding hydrogens is 1000 g/mol. The van der Waals surface area contributed by atoms with Crippen molar-refractivity contribution >= 4 is 46.2 Å². The summed E-state index contributed by atoms with van der Waals surface area (Å²) in [5, 5.41) is 0. The van der Waals surface area contributed by atoms with Gasteiger partial charge in [-0.3, -0.25) is 0 Å². The van der Waals surface area contributed by atoms with E-state index in [1.54, 1.807) is 53.7 Å². The Kier molecular flexibility index (Phi) is 13.2. The molecule has 0 unspecified atom stereocenters. The van der Waals surface area contributed by atoms with Gasteiger partial charge in [-0.25, -0.2) is 0 Å². The van der Waals surface area contributed by atoms with Gasteiger partial charge < -0.3 is 0 Å². The third-order valence-electron chi connectivity index (χ3n) is 11.4. The van der Waals surface area contributed by atoms with E-state index in [-0.39, 0.29) is 41.9 Å². The number of rotatable bonds is 2. The van der Waals surface area contributed by atoms with Crippen LogP contribution in [0.5, 0.6) is 11.5 Å². The van der Waals surface area contributed by atoms with Gasteiger partial charge >= 0.3 is 381 Å². The van der Waals surface area contributed by atoms with E-state index in [0.29, 0.717) is 22.3 Å². The molecule has 17 heteroatoms. The van der Waals surface area contributed by atoms with Crippen molar-refractivity contribution in [2.45, 2.75) is 136 Å². The summed E-state index contributed by atoms with van der Waals surface area (Å²) >= 11 is -6.03. The Morgan fingerprint density at radius 2 is 0.734 bits per heavy atom. The molecule has 1 heterocycles. The van der Waals surface area contributed by atoms with Crippen molar-refractivity contribution in [3.05, 3.63) is 127 Å². The molecule has 2 atom stereocenters. The van der Waals surface area contributed by atoms with Gasteiger partial charge in [-0.05, 0) is 0 Å². The Bertz CT molecular complexity index is 2410. The zero-order valence-electron chi connectivity index (χ0n) is 37.3. The van der Waals surface area contributed by atoms with Gasteiger partial charge in [0.2, 0.25) is 0 Å². The summed E-state index contributed by atoms with van der Waals surface area (Å²) in [4.78, 5) is 9.46. The molecule has 0 spiro atoms. The second-order valence-electron chi connectivity index (χ2n) is 20.4. The van der Waals surface area contributed by atoms with Crippen LogP contribution in [0.4, 0.5) is 43.9 Å². The maximum atomic E-state index is 16.3. The third-order valence-corrected chi connectivity index (χ3v) is 16.0. The molecule has 6 rings (SSSR count). The molecular formula is C47H48Cl2F10N2O2Sn. The second kappa shape index (κ2) is 17.0. The van der Waals surface area contributed by atoms with Crippen LogP contribution >= 0.6 is 17.8 Å². The molecule has 0 saturated heterocycles. The molecule has 0 N–H and O–H groups in total. The van der Waals surface area contributed by atoms with E-state index in [2.05, 4.69) is 0 Å². The van der Waals surface area contributed by atoms with Crippen molar-refractivity contribution in [3.8, 4) is 11.5 Å². The van der Waals surface area contributed by atoms with Gasteiger partial charge in [0.25, 0.3) is 0 Å². The Morgan fingerprint density at radius 1 is 0.453 bits per heavy atom. The van der Waals surface area contributed by atoms with Crippen molar-refractivity contribution in [3.63, 3.8) is 0 Å². The standard InChI is InChI=1S/C47H50F10N2O2.2ClH.Sn/c1-44(2,3)20-16-22(42(60)24(18-20)46(7,8)9)40(28-30(48)34(52)38(56)35(53)31(28)49)58-26-14-13-15-27(26)59-41(29-32(50)36(54)39(57)37(55)33(29)51)23-17-21(45(4,5)6)19-25(43(23)61)47(10,11)12;;;/h16-19,26-27,60-61H,13-15H2,1-12H3;2*1H;/q;;;+4/p-4/t26-,27-;;;/m1.../s1. The van der Waals surface area contributed by atoms with E-state index in [4.69, 9.17) is 34.0 Å². The van der Waals surface area contributed by atoms with Crippen molar-refractivity contribution in [1.29, 1.82) is 0 Å². The van der Waals surface area contributed by atoms with E-state index < -0.39 is 131 Å². The average molecular weight is 1050 g/mol. The normalized spacial score (nSPS) is 18.4. The zero-order chi connectivity index (χ0) is 48.1. The van der Waals surface area contributed by atoms with E-state index >= 15 is 35.1 Å². The molecule has 4 aromatic carbocycles. The Balaban J connectivity index is 1.90. The first-order valence-corrected chi connectivity index (χ1v) is 30.1. The maximum absolute atomic E-state index is 16.3. The number of nitrogens with zero attached hydrogens (tertiary/aromatic N) is 2. The molecule has 2 aliphatic rings. The minimum absolute atomic E-state index is 0.0194. The van der Waals surface area contributed by atoms with Crippen LogP contribution in [0.25, 0.3) is 0 Å². The van der Waals surface area contributed by atoms with Gasteiger partial charge in [-0.2, -0.15) is 0 Å². The first-order valence-electron chi connectivity index (χ1n) is 20.5. The predicted octanol–water partition coefficient (Wildman–Crippen LogP) is 14.2. The SMILES string of the molecule is CC(C)(C)c1cc2c(c(C(C)(C)C)c1)[O][Sn]([Cl])([Cl])[O]c1c(cc(C(C)(C)C)cc1C(C)(C)C)C(c1c(F)c(F)c(F)c(F)c1F)=N[C@@H]1CCC[C@H]1N=C2c1c(F)c(F)c(F)c(F)c1F. The fourth-order valence-electron chi connectivity index (χ4n) is 7.78. The number of aliphatic imine (C=N–C) groups is 2. The molecule has 0 radical (unpaired) electrons. The molecule has 4 aromatic rings. The number of fused-ring (bicyclic) bond motifs is 3. The summed E-state index contributed by atoms with van der Waals surface area (Å²) in [7, 11) is 14.5. The number of halogens is 12. The van der Waals surface area contributed by atoms with Crippen LogP contribution in [0, 0.1) is 58.2 Å². The van der Waals surface area contributed by atoms with E-state index in [0.717, 1.165) is 0 Å². The number of hydrogen-bond acceptors (Lipinski definition) is 4. The number of hydrogen-bond donors (Lipinski definition) is 0. The van der Waals surface area contributed by atoms with E-state index in [9.17, 15) is 8.78 Å². The van der Waals surface area contributed by atoms with Gasteiger partial charge in [-0.1, -0.05) is 0 Å². The molecule has 1 fully saturated rings. The summed E-state index contributed by atoms with van der Waals surface area (Å²) in [6.07, 6.45) is 0.272. The molecule has 4 nitrogen and oxygen atoms in total. The van der Waals surface area contributed by atoms with E-state index in [1.165, 1.54) is 12.1 Å². The Morgan fingerprint density at radius 3 is 1.00 bits per heavy atom. The minimum atomic E-state index is -6.03.